The summed E-state index contributed by atoms with van der Waals surface area (Å²) in [6.07, 6.45) is 1.04. The van der Waals surface area contributed by atoms with Crippen LogP contribution in [0.15, 0.2) is 46.8 Å². The van der Waals surface area contributed by atoms with Crippen molar-refractivity contribution >= 4 is 29.1 Å². The van der Waals surface area contributed by atoms with Gasteiger partial charge < -0.3 is 21.7 Å². The van der Waals surface area contributed by atoms with Crippen LogP contribution in [0, 0.1) is 5.92 Å². The predicted molar refractivity (Wildman–Crippen MR) is 113 cm³/mol. The molecule has 5 N–H and O–H groups in total. The van der Waals surface area contributed by atoms with Crippen molar-refractivity contribution in [3.05, 3.63) is 57.8 Å². The van der Waals surface area contributed by atoms with Crippen molar-refractivity contribution < 1.29 is 9.59 Å². The Bertz CT molecular complexity index is 787. The average Bonchev–Trinajstić information content (AvgIpc) is 3.19. The molecule has 7 nitrogen and oxygen atoms in total. The Morgan fingerprint density at radius 2 is 1.89 bits per heavy atom. The van der Waals surface area contributed by atoms with Crippen LogP contribution in [-0.2, 0) is 17.8 Å². The summed E-state index contributed by atoms with van der Waals surface area (Å²) in [7, 11) is 1.74. The molecule has 2 rings (SSSR count). The van der Waals surface area contributed by atoms with Crippen LogP contribution in [0.1, 0.15) is 27.7 Å². The molecule has 2 amide bonds. The summed E-state index contributed by atoms with van der Waals surface area (Å²) in [6.45, 7) is 3.45. The maximum Gasteiger partial charge on any atom is 0.251 e. The van der Waals surface area contributed by atoms with Gasteiger partial charge in [0.15, 0.2) is 5.96 Å². The number of primary amides is 1. The summed E-state index contributed by atoms with van der Waals surface area (Å²) in [5.41, 5.74) is 6.52. The van der Waals surface area contributed by atoms with Gasteiger partial charge >= 0.3 is 0 Å². The molecule has 0 saturated heterocycles. The standard InChI is InChI=1S/C20H27N5O2S/c1-14(10-17-4-3-9-28-17)11-24-20(22-2)25-12-15-5-7-16(8-6-15)19(27)23-13-18(21)26/h3-9,14H,10-13H2,1-2H3,(H2,21,26)(H,23,27)(H2,22,24,25). The van der Waals surface area contributed by atoms with E-state index in [2.05, 4.69) is 45.4 Å². The third kappa shape index (κ3) is 7.40. The van der Waals surface area contributed by atoms with Gasteiger partial charge in [0, 0.05) is 30.6 Å². The molecule has 1 atom stereocenters. The fraction of sp³-hybridized carbons (Fsp3) is 0.350. The summed E-state index contributed by atoms with van der Waals surface area (Å²) >= 11 is 1.78. The zero-order valence-corrected chi connectivity index (χ0v) is 17.0. The maximum absolute atomic E-state index is 11.9. The van der Waals surface area contributed by atoms with E-state index in [4.69, 9.17) is 5.73 Å². The number of carbonyl (C=O) groups excluding carboxylic acids is 2. The van der Waals surface area contributed by atoms with E-state index in [1.165, 1.54) is 4.88 Å². The Kier molecular flexibility index (Phi) is 8.48. The van der Waals surface area contributed by atoms with Gasteiger partial charge in [0.2, 0.25) is 5.91 Å². The highest BCUT2D eigenvalue weighted by atomic mass is 32.1. The predicted octanol–water partition coefficient (Wildman–Crippen LogP) is 1.51. The Morgan fingerprint density at radius 3 is 2.50 bits per heavy atom. The van der Waals surface area contributed by atoms with E-state index in [0.29, 0.717) is 18.0 Å². The van der Waals surface area contributed by atoms with Crippen LogP contribution in [0.5, 0.6) is 0 Å². The number of nitrogens with one attached hydrogen (secondary N) is 3. The third-order valence-corrected chi connectivity index (χ3v) is 4.97. The first-order valence-electron chi connectivity index (χ1n) is 9.10. The van der Waals surface area contributed by atoms with Gasteiger partial charge in [-0.2, -0.15) is 0 Å². The second-order valence-corrected chi connectivity index (χ2v) is 7.57. The molecule has 150 valence electrons. The van der Waals surface area contributed by atoms with Crippen molar-refractivity contribution in [1.29, 1.82) is 0 Å². The lowest BCUT2D eigenvalue weighted by Gasteiger charge is -2.16. The molecule has 0 aliphatic rings. The number of benzene rings is 1. The molecular formula is C20H27N5O2S. The fourth-order valence-electron chi connectivity index (χ4n) is 2.57. The van der Waals surface area contributed by atoms with Gasteiger partial charge in [-0.1, -0.05) is 25.1 Å². The largest absolute Gasteiger partial charge is 0.368 e. The third-order valence-electron chi connectivity index (χ3n) is 4.07. The average molecular weight is 402 g/mol. The second kappa shape index (κ2) is 11.1. The van der Waals surface area contributed by atoms with Crippen LogP contribution in [0.25, 0.3) is 0 Å². The van der Waals surface area contributed by atoms with Crippen LogP contribution >= 0.6 is 11.3 Å². The smallest absolute Gasteiger partial charge is 0.251 e. The number of thiophene rings is 1. The monoisotopic (exact) mass is 401 g/mol. The van der Waals surface area contributed by atoms with Crippen LogP contribution in [0.2, 0.25) is 0 Å². The van der Waals surface area contributed by atoms with Crippen LogP contribution in [-0.4, -0.2) is 37.9 Å². The maximum atomic E-state index is 11.9. The van der Waals surface area contributed by atoms with E-state index in [9.17, 15) is 9.59 Å². The lowest BCUT2D eigenvalue weighted by atomic mass is 10.1. The Balaban J connectivity index is 1.76. The molecule has 0 spiro atoms. The number of hydrogen-bond donors (Lipinski definition) is 4. The zero-order chi connectivity index (χ0) is 20.4. The van der Waals surface area contributed by atoms with Gasteiger partial charge in [0.25, 0.3) is 5.91 Å². The van der Waals surface area contributed by atoms with E-state index >= 15 is 0 Å². The molecule has 0 radical (unpaired) electrons. The number of hydrogen-bond acceptors (Lipinski definition) is 4. The highest BCUT2D eigenvalue weighted by Gasteiger charge is 2.08. The lowest BCUT2D eigenvalue weighted by Crippen LogP contribution is -2.39. The molecule has 1 heterocycles. The highest BCUT2D eigenvalue weighted by Crippen LogP contribution is 2.13. The number of nitrogens with zero attached hydrogens (tertiary/aromatic N) is 1. The minimum Gasteiger partial charge on any atom is -0.368 e. The summed E-state index contributed by atoms with van der Waals surface area (Å²) < 4.78 is 0. The summed E-state index contributed by atoms with van der Waals surface area (Å²) in [5.74, 6) is 0.338. The van der Waals surface area contributed by atoms with Crippen molar-refractivity contribution in [2.75, 3.05) is 20.1 Å². The SMILES string of the molecule is CN=C(NCc1ccc(C(=O)NCC(N)=O)cc1)NCC(C)Cc1cccs1. The van der Waals surface area contributed by atoms with E-state index in [1.54, 1.807) is 30.5 Å². The summed E-state index contributed by atoms with van der Waals surface area (Å²) in [6, 6.07) is 11.4. The molecule has 2 aromatic rings. The van der Waals surface area contributed by atoms with Gasteiger partial charge in [-0.3, -0.25) is 14.6 Å². The van der Waals surface area contributed by atoms with E-state index in [0.717, 1.165) is 24.5 Å². The lowest BCUT2D eigenvalue weighted by molar-refractivity contribution is -0.117. The number of aliphatic imine (C=N–C) groups is 1. The number of carbonyl (C=O) groups is 2. The molecule has 0 fully saturated rings. The molecule has 0 saturated carbocycles. The molecule has 0 aliphatic carbocycles. The van der Waals surface area contributed by atoms with Crippen molar-refractivity contribution in [1.82, 2.24) is 16.0 Å². The zero-order valence-electron chi connectivity index (χ0n) is 16.2. The Hall–Kier alpha value is -2.87. The van der Waals surface area contributed by atoms with Gasteiger partial charge in [-0.25, -0.2) is 0 Å². The molecule has 1 unspecified atom stereocenters. The second-order valence-electron chi connectivity index (χ2n) is 6.54. The first-order valence-corrected chi connectivity index (χ1v) is 9.98. The van der Waals surface area contributed by atoms with Gasteiger partial charge in [-0.05, 0) is 41.5 Å². The van der Waals surface area contributed by atoms with E-state index < -0.39 is 5.91 Å². The van der Waals surface area contributed by atoms with Crippen molar-refractivity contribution in [2.24, 2.45) is 16.6 Å². The molecule has 0 bridgehead atoms. The summed E-state index contributed by atoms with van der Waals surface area (Å²) in [5, 5.41) is 11.2. The first kappa shape index (κ1) is 21.4. The molecule has 8 heteroatoms. The Morgan fingerprint density at radius 1 is 1.14 bits per heavy atom. The first-order chi connectivity index (χ1) is 13.5. The van der Waals surface area contributed by atoms with E-state index in [1.807, 2.05) is 12.1 Å². The van der Waals surface area contributed by atoms with Gasteiger partial charge in [-0.15, -0.1) is 11.3 Å². The van der Waals surface area contributed by atoms with Gasteiger partial charge in [0.1, 0.15) is 0 Å². The van der Waals surface area contributed by atoms with Crippen LogP contribution in [0.3, 0.4) is 0 Å². The normalized spacial score (nSPS) is 12.3. The number of nitrogens with two attached hydrogens (primary N) is 1. The fourth-order valence-corrected chi connectivity index (χ4v) is 3.43. The minimum atomic E-state index is -0.572. The van der Waals surface area contributed by atoms with Gasteiger partial charge in [0.05, 0.1) is 6.54 Å². The molecule has 1 aromatic heterocycles. The minimum absolute atomic E-state index is 0.172. The number of rotatable bonds is 9. The van der Waals surface area contributed by atoms with Crippen molar-refractivity contribution in [3.8, 4) is 0 Å². The van der Waals surface area contributed by atoms with Crippen LogP contribution < -0.4 is 21.7 Å². The van der Waals surface area contributed by atoms with Crippen molar-refractivity contribution in [3.63, 3.8) is 0 Å². The topological polar surface area (TPSA) is 109 Å². The quantitative estimate of drug-likeness (QED) is 0.377. The molecular weight excluding hydrogens is 374 g/mol. The highest BCUT2D eigenvalue weighted by molar-refractivity contribution is 7.09. The molecule has 28 heavy (non-hydrogen) atoms. The summed E-state index contributed by atoms with van der Waals surface area (Å²) in [4.78, 5) is 28.2. The molecule has 1 aromatic carbocycles. The van der Waals surface area contributed by atoms with Crippen molar-refractivity contribution in [2.45, 2.75) is 19.9 Å². The van der Waals surface area contributed by atoms with Crippen LogP contribution in [0.4, 0.5) is 0 Å². The Labute approximate surface area is 169 Å². The molecule has 0 aliphatic heterocycles. The number of amides is 2. The van der Waals surface area contributed by atoms with E-state index in [-0.39, 0.29) is 12.5 Å². The number of guanidine groups is 1.